The van der Waals surface area contributed by atoms with Gasteiger partial charge in [0, 0.05) is 12.6 Å². The van der Waals surface area contributed by atoms with E-state index in [9.17, 15) is 4.79 Å². The molecule has 0 spiro atoms. The van der Waals surface area contributed by atoms with Crippen molar-refractivity contribution in [2.45, 2.75) is 45.1 Å². The van der Waals surface area contributed by atoms with Gasteiger partial charge in [-0.15, -0.1) is 0 Å². The van der Waals surface area contributed by atoms with E-state index in [4.69, 9.17) is 0 Å². The van der Waals surface area contributed by atoms with Crippen molar-refractivity contribution in [3.05, 3.63) is 0 Å². The van der Waals surface area contributed by atoms with Crippen LogP contribution in [0.2, 0.25) is 0 Å². The standard InChI is InChI=1S/C11H20N2O/c1-8-2-3-9(6-8)7-12-11(14)13-10-4-5-10/h8-10H,2-7H2,1H3,(H2,12,13,14). The van der Waals surface area contributed by atoms with Crippen LogP contribution in [0.5, 0.6) is 0 Å². The first-order valence-corrected chi connectivity index (χ1v) is 5.78. The van der Waals surface area contributed by atoms with Gasteiger partial charge in [-0.2, -0.15) is 0 Å². The van der Waals surface area contributed by atoms with Gasteiger partial charge in [0.15, 0.2) is 0 Å². The Morgan fingerprint density at radius 1 is 1.29 bits per heavy atom. The summed E-state index contributed by atoms with van der Waals surface area (Å²) >= 11 is 0. The average Bonchev–Trinajstić information content (AvgIpc) is 2.85. The molecule has 2 rings (SSSR count). The van der Waals surface area contributed by atoms with E-state index in [0.717, 1.165) is 31.2 Å². The van der Waals surface area contributed by atoms with Gasteiger partial charge in [-0.05, 0) is 37.5 Å². The van der Waals surface area contributed by atoms with Crippen LogP contribution in [0.1, 0.15) is 39.0 Å². The van der Waals surface area contributed by atoms with Gasteiger partial charge in [0.1, 0.15) is 0 Å². The first-order valence-electron chi connectivity index (χ1n) is 5.78. The van der Waals surface area contributed by atoms with E-state index in [2.05, 4.69) is 17.6 Å². The highest BCUT2D eigenvalue weighted by molar-refractivity contribution is 5.74. The third-order valence-electron chi connectivity index (χ3n) is 3.27. The maximum atomic E-state index is 11.3. The molecule has 2 atom stereocenters. The zero-order valence-electron chi connectivity index (χ0n) is 8.88. The third kappa shape index (κ3) is 2.89. The van der Waals surface area contributed by atoms with Gasteiger partial charge < -0.3 is 10.6 Å². The molecule has 3 nitrogen and oxygen atoms in total. The Kier molecular flexibility index (Phi) is 2.94. The highest BCUT2D eigenvalue weighted by atomic mass is 16.2. The number of amides is 2. The van der Waals surface area contributed by atoms with Crippen LogP contribution >= 0.6 is 0 Å². The summed E-state index contributed by atoms with van der Waals surface area (Å²) in [7, 11) is 0. The highest BCUT2D eigenvalue weighted by Gasteiger charge is 2.24. The minimum absolute atomic E-state index is 0.0343. The van der Waals surface area contributed by atoms with Gasteiger partial charge in [-0.1, -0.05) is 13.3 Å². The molecule has 3 heteroatoms. The number of rotatable bonds is 3. The van der Waals surface area contributed by atoms with Crippen LogP contribution in [0, 0.1) is 11.8 Å². The normalized spacial score (nSPS) is 31.5. The number of carbonyl (C=O) groups is 1. The molecule has 2 N–H and O–H groups in total. The Balaban J connectivity index is 1.59. The van der Waals surface area contributed by atoms with E-state index in [1.54, 1.807) is 0 Å². The molecular formula is C11H20N2O. The molecule has 0 aromatic carbocycles. The van der Waals surface area contributed by atoms with Crippen LogP contribution in [0.3, 0.4) is 0 Å². The van der Waals surface area contributed by atoms with E-state index >= 15 is 0 Å². The summed E-state index contributed by atoms with van der Waals surface area (Å²) in [5.74, 6) is 1.57. The van der Waals surface area contributed by atoms with Crippen molar-refractivity contribution in [2.75, 3.05) is 6.54 Å². The molecule has 2 fully saturated rings. The lowest BCUT2D eigenvalue weighted by Crippen LogP contribution is -2.38. The van der Waals surface area contributed by atoms with Crippen molar-refractivity contribution in [2.24, 2.45) is 11.8 Å². The predicted molar refractivity (Wildman–Crippen MR) is 56.1 cm³/mol. The molecular weight excluding hydrogens is 176 g/mol. The van der Waals surface area contributed by atoms with Crippen molar-refractivity contribution in [1.29, 1.82) is 0 Å². The van der Waals surface area contributed by atoms with Crippen molar-refractivity contribution in [1.82, 2.24) is 10.6 Å². The summed E-state index contributed by atoms with van der Waals surface area (Å²) in [5, 5.41) is 5.91. The summed E-state index contributed by atoms with van der Waals surface area (Å²) in [6.07, 6.45) is 6.22. The van der Waals surface area contributed by atoms with E-state index in [-0.39, 0.29) is 6.03 Å². The predicted octanol–water partition coefficient (Wildman–Crippen LogP) is 1.88. The van der Waals surface area contributed by atoms with Crippen molar-refractivity contribution < 1.29 is 4.79 Å². The molecule has 0 aliphatic heterocycles. The summed E-state index contributed by atoms with van der Waals surface area (Å²) in [6.45, 7) is 3.16. The number of hydrogen-bond donors (Lipinski definition) is 2. The molecule has 80 valence electrons. The zero-order valence-corrected chi connectivity index (χ0v) is 8.88. The number of carbonyl (C=O) groups excluding carboxylic acids is 1. The quantitative estimate of drug-likeness (QED) is 0.711. The van der Waals surface area contributed by atoms with Gasteiger partial charge in [0.05, 0.1) is 0 Å². The maximum Gasteiger partial charge on any atom is 0.315 e. The molecule has 0 bridgehead atoms. The topological polar surface area (TPSA) is 41.1 Å². The summed E-state index contributed by atoms with van der Waals surface area (Å²) in [5.41, 5.74) is 0. The molecule has 0 aromatic heterocycles. The number of urea groups is 1. The monoisotopic (exact) mass is 196 g/mol. The maximum absolute atomic E-state index is 11.3. The van der Waals surface area contributed by atoms with E-state index in [1.807, 2.05) is 0 Å². The van der Waals surface area contributed by atoms with Crippen LogP contribution < -0.4 is 10.6 Å². The average molecular weight is 196 g/mol. The Hall–Kier alpha value is -0.730. The molecule has 2 amide bonds. The number of hydrogen-bond acceptors (Lipinski definition) is 1. The van der Waals surface area contributed by atoms with Crippen molar-refractivity contribution in [3.63, 3.8) is 0 Å². The fourth-order valence-electron chi connectivity index (χ4n) is 2.21. The molecule has 14 heavy (non-hydrogen) atoms. The second-order valence-electron chi connectivity index (χ2n) is 4.91. The fraction of sp³-hybridized carbons (Fsp3) is 0.909. The summed E-state index contributed by atoms with van der Waals surface area (Å²) < 4.78 is 0. The molecule has 0 saturated heterocycles. The zero-order chi connectivity index (χ0) is 9.97. The van der Waals surface area contributed by atoms with Gasteiger partial charge in [-0.25, -0.2) is 4.79 Å². The Bertz CT molecular complexity index is 213. The second kappa shape index (κ2) is 4.20. The largest absolute Gasteiger partial charge is 0.338 e. The molecule has 0 radical (unpaired) electrons. The van der Waals surface area contributed by atoms with Crippen LogP contribution in [0.15, 0.2) is 0 Å². The molecule has 0 heterocycles. The smallest absolute Gasteiger partial charge is 0.315 e. The Morgan fingerprint density at radius 3 is 2.64 bits per heavy atom. The number of nitrogens with one attached hydrogen (secondary N) is 2. The van der Waals surface area contributed by atoms with E-state index < -0.39 is 0 Å². The van der Waals surface area contributed by atoms with Crippen LogP contribution in [-0.4, -0.2) is 18.6 Å². The van der Waals surface area contributed by atoms with Crippen LogP contribution in [-0.2, 0) is 0 Å². The fourth-order valence-corrected chi connectivity index (χ4v) is 2.21. The van der Waals surface area contributed by atoms with Gasteiger partial charge >= 0.3 is 6.03 Å². The molecule has 2 aliphatic carbocycles. The van der Waals surface area contributed by atoms with E-state index in [0.29, 0.717) is 6.04 Å². The first kappa shape index (κ1) is 9.81. The molecule has 0 aromatic rings. The van der Waals surface area contributed by atoms with Crippen LogP contribution in [0.4, 0.5) is 4.79 Å². The van der Waals surface area contributed by atoms with Gasteiger partial charge in [-0.3, -0.25) is 0 Å². The Labute approximate surface area is 85.6 Å². The molecule has 2 unspecified atom stereocenters. The second-order valence-corrected chi connectivity index (χ2v) is 4.91. The SMILES string of the molecule is CC1CCC(CNC(=O)NC2CC2)C1. The van der Waals surface area contributed by atoms with E-state index in [1.165, 1.54) is 19.3 Å². The third-order valence-corrected chi connectivity index (χ3v) is 3.27. The molecule has 2 aliphatic rings. The summed E-state index contributed by atoms with van der Waals surface area (Å²) in [6, 6.07) is 0.504. The minimum atomic E-state index is 0.0343. The minimum Gasteiger partial charge on any atom is -0.338 e. The summed E-state index contributed by atoms with van der Waals surface area (Å²) in [4.78, 5) is 11.3. The highest BCUT2D eigenvalue weighted by Crippen LogP contribution is 2.29. The van der Waals surface area contributed by atoms with Crippen LogP contribution in [0.25, 0.3) is 0 Å². The lowest BCUT2D eigenvalue weighted by Gasteiger charge is -2.11. The van der Waals surface area contributed by atoms with Crippen molar-refractivity contribution >= 4 is 6.03 Å². The lowest BCUT2D eigenvalue weighted by atomic mass is 10.1. The van der Waals surface area contributed by atoms with Gasteiger partial charge in [0.2, 0.25) is 0 Å². The van der Waals surface area contributed by atoms with Crippen molar-refractivity contribution in [3.8, 4) is 0 Å². The first-order chi connectivity index (χ1) is 6.74. The Morgan fingerprint density at radius 2 is 2.07 bits per heavy atom. The molecule has 2 saturated carbocycles. The van der Waals surface area contributed by atoms with Gasteiger partial charge in [0.25, 0.3) is 0 Å². The lowest BCUT2D eigenvalue weighted by molar-refractivity contribution is 0.238.